The van der Waals surface area contributed by atoms with Crippen LogP contribution in [0.5, 0.6) is 0 Å². The van der Waals surface area contributed by atoms with Gasteiger partial charge >= 0.3 is 0 Å². The monoisotopic (exact) mass is 114 g/mol. The molecule has 0 bridgehead atoms. The molecule has 0 aromatic heterocycles. The molecule has 1 unspecified atom stereocenters. The van der Waals surface area contributed by atoms with E-state index in [2.05, 4.69) is 13.5 Å². The van der Waals surface area contributed by atoms with Crippen LogP contribution in [0.15, 0.2) is 12.7 Å². The molecule has 48 valence electrons. The summed E-state index contributed by atoms with van der Waals surface area (Å²) in [6, 6.07) is 0. The fraction of sp³-hybridized carbons (Fsp3) is 0.714. The second-order valence-electron chi connectivity index (χ2n) is 1.64. The molecule has 0 aliphatic rings. The minimum atomic E-state index is 0.264. The van der Waals surface area contributed by atoms with Crippen LogP contribution in [0.3, 0.4) is 0 Å². The molecule has 0 spiro atoms. The zero-order chi connectivity index (χ0) is 6.41. The third-order valence-corrected chi connectivity index (χ3v) is 1.05. The molecule has 8 heavy (non-hydrogen) atoms. The van der Waals surface area contributed by atoms with Gasteiger partial charge in [-0.2, -0.15) is 0 Å². The van der Waals surface area contributed by atoms with Crippen LogP contribution < -0.4 is 0 Å². The predicted octanol–water partition coefficient (Wildman–Crippen LogP) is 1.99. The lowest BCUT2D eigenvalue weighted by Crippen LogP contribution is -2.06. The maximum atomic E-state index is 5.22. The Balaban J connectivity index is 3.21. The SMILES string of the molecule is C=CC(CC)OCC. The van der Waals surface area contributed by atoms with Gasteiger partial charge in [-0.15, -0.1) is 6.58 Å². The average Bonchev–Trinajstić information content (AvgIpc) is 1.83. The molecule has 1 atom stereocenters. The van der Waals surface area contributed by atoms with Crippen molar-refractivity contribution < 1.29 is 4.74 Å². The molecule has 0 saturated heterocycles. The lowest BCUT2D eigenvalue weighted by molar-refractivity contribution is 0.0941. The molecule has 1 nitrogen and oxygen atoms in total. The van der Waals surface area contributed by atoms with Gasteiger partial charge in [-0.25, -0.2) is 0 Å². The van der Waals surface area contributed by atoms with Crippen molar-refractivity contribution in [1.82, 2.24) is 0 Å². The summed E-state index contributed by atoms with van der Waals surface area (Å²) in [4.78, 5) is 0. The van der Waals surface area contributed by atoms with E-state index < -0.39 is 0 Å². The van der Waals surface area contributed by atoms with Gasteiger partial charge in [0.2, 0.25) is 0 Å². The van der Waals surface area contributed by atoms with Crippen molar-refractivity contribution in [3.63, 3.8) is 0 Å². The Labute approximate surface area is 51.4 Å². The van der Waals surface area contributed by atoms with Gasteiger partial charge in [-0.1, -0.05) is 13.0 Å². The number of rotatable bonds is 4. The van der Waals surface area contributed by atoms with Crippen LogP contribution in [0.1, 0.15) is 20.3 Å². The summed E-state index contributed by atoms with van der Waals surface area (Å²) >= 11 is 0. The molecule has 0 radical (unpaired) electrons. The first-order chi connectivity index (χ1) is 3.85. The van der Waals surface area contributed by atoms with E-state index in [-0.39, 0.29) is 6.10 Å². The van der Waals surface area contributed by atoms with Crippen LogP contribution in [-0.4, -0.2) is 12.7 Å². The maximum absolute atomic E-state index is 5.22. The Morgan fingerprint density at radius 1 is 1.62 bits per heavy atom. The molecule has 0 N–H and O–H groups in total. The van der Waals surface area contributed by atoms with Crippen LogP contribution in [0, 0.1) is 0 Å². The van der Waals surface area contributed by atoms with Gasteiger partial charge in [-0.3, -0.25) is 0 Å². The van der Waals surface area contributed by atoms with E-state index in [1.807, 2.05) is 13.0 Å². The Kier molecular flexibility index (Phi) is 4.67. The normalized spacial score (nSPS) is 13.2. The van der Waals surface area contributed by atoms with E-state index >= 15 is 0 Å². The first-order valence-electron chi connectivity index (χ1n) is 3.09. The molecule has 0 heterocycles. The minimum absolute atomic E-state index is 0.264. The second kappa shape index (κ2) is 4.85. The van der Waals surface area contributed by atoms with Crippen molar-refractivity contribution in [3.8, 4) is 0 Å². The van der Waals surface area contributed by atoms with Crippen LogP contribution in [0.2, 0.25) is 0 Å². The molecule has 0 aliphatic carbocycles. The van der Waals surface area contributed by atoms with Crippen LogP contribution in [-0.2, 0) is 4.74 Å². The summed E-state index contributed by atoms with van der Waals surface area (Å²) in [6.07, 6.45) is 3.13. The number of ether oxygens (including phenoxy) is 1. The summed E-state index contributed by atoms with van der Waals surface area (Å²) < 4.78 is 5.22. The van der Waals surface area contributed by atoms with E-state index in [0.29, 0.717) is 0 Å². The summed E-state index contributed by atoms with van der Waals surface area (Å²) in [5.41, 5.74) is 0. The fourth-order valence-electron chi connectivity index (χ4n) is 0.567. The highest BCUT2D eigenvalue weighted by Gasteiger charge is 1.95. The lowest BCUT2D eigenvalue weighted by Gasteiger charge is -2.07. The van der Waals surface area contributed by atoms with Gasteiger partial charge in [0.15, 0.2) is 0 Å². The number of hydrogen-bond donors (Lipinski definition) is 0. The van der Waals surface area contributed by atoms with E-state index in [9.17, 15) is 0 Å². The zero-order valence-electron chi connectivity index (χ0n) is 5.68. The van der Waals surface area contributed by atoms with Gasteiger partial charge in [0.1, 0.15) is 0 Å². The highest BCUT2D eigenvalue weighted by atomic mass is 16.5. The minimum Gasteiger partial charge on any atom is -0.374 e. The van der Waals surface area contributed by atoms with Crippen LogP contribution in [0.25, 0.3) is 0 Å². The highest BCUT2D eigenvalue weighted by molar-refractivity contribution is 4.77. The summed E-state index contributed by atoms with van der Waals surface area (Å²) in [5, 5.41) is 0. The Morgan fingerprint density at radius 3 is 2.38 bits per heavy atom. The predicted molar refractivity (Wildman–Crippen MR) is 35.9 cm³/mol. The molecule has 0 saturated carbocycles. The Hall–Kier alpha value is -0.300. The molecular weight excluding hydrogens is 100 g/mol. The van der Waals surface area contributed by atoms with Crippen molar-refractivity contribution in [2.75, 3.05) is 6.61 Å². The topological polar surface area (TPSA) is 9.23 Å². The van der Waals surface area contributed by atoms with E-state index in [1.54, 1.807) is 0 Å². The molecular formula is C7H14O. The molecule has 0 aromatic carbocycles. The van der Waals surface area contributed by atoms with Crippen molar-refractivity contribution in [3.05, 3.63) is 12.7 Å². The van der Waals surface area contributed by atoms with Gasteiger partial charge in [0, 0.05) is 6.61 Å². The molecule has 1 heteroatoms. The van der Waals surface area contributed by atoms with Crippen molar-refractivity contribution in [2.24, 2.45) is 0 Å². The third-order valence-electron chi connectivity index (χ3n) is 1.05. The maximum Gasteiger partial charge on any atom is 0.0750 e. The molecule has 0 fully saturated rings. The van der Waals surface area contributed by atoms with E-state index in [1.165, 1.54) is 0 Å². The van der Waals surface area contributed by atoms with Crippen molar-refractivity contribution >= 4 is 0 Å². The van der Waals surface area contributed by atoms with E-state index in [0.717, 1.165) is 13.0 Å². The second-order valence-corrected chi connectivity index (χ2v) is 1.64. The standard InChI is InChI=1S/C7H14O/c1-4-7(5-2)8-6-3/h4,7H,1,5-6H2,2-3H3. The van der Waals surface area contributed by atoms with Gasteiger partial charge in [0.25, 0.3) is 0 Å². The van der Waals surface area contributed by atoms with Crippen molar-refractivity contribution in [1.29, 1.82) is 0 Å². The van der Waals surface area contributed by atoms with E-state index in [4.69, 9.17) is 4.74 Å². The molecule has 0 amide bonds. The largest absolute Gasteiger partial charge is 0.374 e. The van der Waals surface area contributed by atoms with Gasteiger partial charge < -0.3 is 4.74 Å². The highest BCUT2D eigenvalue weighted by Crippen LogP contribution is 1.96. The lowest BCUT2D eigenvalue weighted by atomic mass is 10.3. The quantitative estimate of drug-likeness (QED) is 0.508. The summed E-state index contributed by atoms with van der Waals surface area (Å²) in [5.74, 6) is 0. The smallest absolute Gasteiger partial charge is 0.0750 e. The van der Waals surface area contributed by atoms with Gasteiger partial charge in [0.05, 0.1) is 6.10 Å². The zero-order valence-corrected chi connectivity index (χ0v) is 5.68. The average molecular weight is 114 g/mol. The molecule has 0 rings (SSSR count). The summed E-state index contributed by atoms with van der Waals surface area (Å²) in [6.45, 7) is 8.49. The van der Waals surface area contributed by atoms with Gasteiger partial charge in [-0.05, 0) is 13.3 Å². The van der Waals surface area contributed by atoms with Crippen LogP contribution >= 0.6 is 0 Å². The molecule has 0 aliphatic heterocycles. The fourth-order valence-corrected chi connectivity index (χ4v) is 0.567. The first-order valence-corrected chi connectivity index (χ1v) is 3.09. The number of hydrogen-bond acceptors (Lipinski definition) is 1. The van der Waals surface area contributed by atoms with Crippen LogP contribution in [0.4, 0.5) is 0 Å². The third kappa shape index (κ3) is 2.80. The molecule has 0 aromatic rings. The summed E-state index contributed by atoms with van der Waals surface area (Å²) in [7, 11) is 0. The first kappa shape index (κ1) is 7.70. The van der Waals surface area contributed by atoms with Crippen molar-refractivity contribution in [2.45, 2.75) is 26.4 Å². The Morgan fingerprint density at radius 2 is 2.25 bits per heavy atom. The Bertz CT molecular complexity index is 59.4.